The number of aryl methyl sites for hydroxylation is 1. The van der Waals surface area contributed by atoms with Crippen molar-refractivity contribution in [2.75, 3.05) is 0 Å². The van der Waals surface area contributed by atoms with Crippen molar-refractivity contribution >= 4 is 38.5 Å². The van der Waals surface area contributed by atoms with Crippen LogP contribution in [0.1, 0.15) is 145 Å². The number of nitrogens with zero attached hydrogens (tertiary/aromatic N) is 1. The quantitative estimate of drug-likeness (QED) is 0.101. The summed E-state index contributed by atoms with van der Waals surface area (Å²) in [7, 11) is 0. The van der Waals surface area contributed by atoms with Gasteiger partial charge >= 0.3 is 0 Å². The first-order valence-electron chi connectivity index (χ1n) is 19.4. The van der Waals surface area contributed by atoms with Gasteiger partial charge in [0.2, 0.25) is 0 Å². The molecule has 0 spiro atoms. The number of furan rings is 1. The zero-order valence-electron chi connectivity index (χ0n) is 31.1. The molecule has 0 bridgehead atoms. The number of allylic oxidation sites excluding steroid dienone is 2. The molecule has 0 aliphatic heterocycles. The summed E-state index contributed by atoms with van der Waals surface area (Å²) in [5.41, 5.74) is 8.98. The maximum Gasteiger partial charge on any atom is 0.162 e. The maximum atomic E-state index is 11.8. The number of fused-ring (bicyclic) bond motifs is 4. The fourth-order valence-corrected chi connectivity index (χ4v) is 8.69. The second kappa shape index (κ2) is 16.2. The molecule has 3 aromatic carbocycles. The van der Waals surface area contributed by atoms with Crippen LogP contribution in [0.5, 0.6) is 0 Å². The summed E-state index contributed by atoms with van der Waals surface area (Å²) in [5.74, 6) is 2.46. The summed E-state index contributed by atoms with van der Waals surface area (Å²) in [6.45, 7) is 11.1. The van der Waals surface area contributed by atoms with Gasteiger partial charge in [-0.25, -0.2) is 0 Å². The van der Waals surface area contributed by atoms with Crippen molar-refractivity contribution < 1.29 is 34.4 Å². The number of rotatable bonds is 7. The molecule has 1 N–H and O–H groups in total. The fraction of sp³-hybridized carbons (Fsp3) is 0.478. The zero-order valence-corrected chi connectivity index (χ0v) is 33.5. The molecule has 0 atom stereocenters. The molecule has 0 unspecified atom stereocenters. The summed E-state index contributed by atoms with van der Waals surface area (Å²) < 4.78 is 6.51. The predicted octanol–water partition coefficient (Wildman–Crippen LogP) is 13.2. The second-order valence-corrected chi connectivity index (χ2v) is 16.0. The third-order valence-corrected chi connectivity index (χ3v) is 11.8. The van der Waals surface area contributed by atoms with E-state index in [-0.39, 0.29) is 37.7 Å². The van der Waals surface area contributed by atoms with Crippen molar-refractivity contribution in [1.82, 2.24) is 4.98 Å². The molecule has 0 saturated heterocycles. The summed E-state index contributed by atoms with van der Waals surface area (Å²) in [6.07, 6.45) is 17.8. The topological polar surface area (TPSA) is 63.3 Å². The number of hydrogen-bond acceptors (Lipinski definition) is 4. The molecule has 3 aliphatic rings. The molecule has 3 aliphatic carbocycles. The molecule has 3 saturated carbocycles. The van der Waals surface area contributed by atoms with Crippen LogP contribution in [0.4, 0.5) is 0 Å². The Bertz CT molecular complexity index is 2030. The molecule has 3 fully saturated rings. The van der Waals surface area contributed by atoms with Crippen LogP contribution in [0.3, 0.4) is 0 Å². The Morgan fingerprint density at radius 3 is 2.12 bits per heavy atom. The van der Waals surface area contributed by atoms with Crippen molar-refractivity contribution in [2.45, 2.75) is 129 Å². The Kier molecular flexibility index (Phi) is 11.9. The first-order valence-corrected chi connectivity index (χ1v) is 19.4. The zero-order chi connectivity index (χ0) is 34.9. The second-order valence-electron chi connectivity index (χ2n) is 16.0. The molecule has 2 aromatic heterocycles. The van der Waals surface area contributed by atoms with Gasteiger partial charge in [0.25, 0.3) is 0 Å². The van der Waals surface area contributed by atoms with Gasteiger partial charge in [0.15, 0.2) is 5.78 Å². The molecular weight excluding hydrogens is 807 g/mol. The number of benzene rings is 3. The van der Waals surface area contributed by atoms with Crippen molar-refractivity contribution in [3.8, 4) is 11.3 Å². The van der Waals surface area contributed by atoms with Gasteiger partial charge in [-0.2, -0.15) is 0 Å². The Morgan fingerprint density at radius 1 is 0.804 bits per heavy atom. The van der Waals surface area contributed by atoms with Gasteiger partial charge in [0.1, 0.15) is 5.58 Å². The van der Waals surface area contributed by atoms with E-state index in [0.717, 1.165) is 58.9 Å². The number of hydrogen-bond donors (Lipinski definition) is 1. The average Bonchev–Trinajstić information content (AvgIpc) is 3.95. The Balaban J connectivity index is 0.000000236. The van der Waals surface area contributed by atoms with Crippen LogP contribution in [-0.4, -0.2) is 15.9 Å². The van der Waals surface area contributed by atoms with Gasteiger partial charge in [-0.15, -0.1) is 17.7 Å². The van der Waals surface area contributed by atoms with Gasteiger partial charge in [-0.1, -0.05) is 108 Å². The van der Waals surface area contributed by atoms with E-state index in [0.29, 0.717) is 23.5 Å². The summed E-state index contributed by atoms with van der Waals surface area (Å²) in [4.78, 5) is 16.8. The minimum Gasteiger partial charge on any atom is -0.512 e. The van der Waals surface area contributed by atoms with E-state index in [1.807, 2.05) is 0 Å². The van der Waals surface area contributed by atoms with Gasteiger partial charge in [-0.05, 0) is 102 Å². The van der Waals surface area contributed by atoms with Gasteiger partial charge in [0.05, 0.1) is 11.3 Å². The van der Waals surface area contributed by atoms with Crippen LogP contribution in [0, 0.1) is 24.8 Å². The summed E-state index contributed by atoms with van der Waals surface area (Å²) in [6, 6.07) is 19.6. The first kappa shape index (κ1) is 37.5. The van der Waals surface area contributed by atoms with Crippen LogP contribution in [0.2, 0.25) is 0 Å². The maximum absolute atomic E-state index is 11.8. The number of carbonyl (C=O) groups excluding carboxylic acids is 1. The fourth-order valence-electron chi connectivity index (χ4n) is 8.69. The molecule has 5 aromatic rings. The Labute approximate surface area is 317 Å². The molecule has 0 amide bonds. The van der Waals surface area contributed by atoms with Crippen LogP contribution in [-0.2, 0) is 24.9 Å². The van der Waals surface area contributed by atoms with E-state index in [9.17, 15) is 9.90 Å². The number of pyridine rings is 1. The van der Waals surface area contributed by atoms with Crippen LogP contribution in [0.15, 0.2) is 64.9 Å². The molecule has 51 heavy (non-hydrogen) atoms. The number of carbonyl (C=O) groups is 1. The van der Waals surface area contributed by atoms with E-state index in [1.54, 1.807) is 0 Å². The van der Waals surface area contributed by atoms with Crippen LogP contribution in [0.25, 0.3) is 44.0 Å². The molecule has 4 nitrogen and oxygen atoms in total. The van der Waals surface area contributed by atoms with Crippen LogP contribution < -0.4 is 0 Å². The molecule has 2 heterocycles. The molecule has 1 radical (unpaired) electrons. The Morgan fingerprint density at radius 2 is 1.45 bits per heavy atom. The number of ketones is 1. The van der Waals surface area contributed by atoms with E-state index in [2.05, 4.69) is 89.3 Å². The minimum atomic E-state index is 0. The van der Waals surface area contributed by atoms with Gasteiger partial charge < -0.3 is 14.5 Å². The average molecular weight is 861 g/mol. The van der Waals surface area contributed by atoms with Crippen molar-refractivity contribution in [1.29, 1.82) is 0 Å². The molecule has 271 valence electrons. The number of aromatic nitrogens is 1. The summed E-state index contributed by atoms with van der Waals surface area (Å²) in [5, 5.41) is 14.7. The Hall–Kier alpha value is -3.27. The van der Waals surface area contributed by atoms with E-state index in [4.69, 9.17) is 9.40 Å². The molecular formula is C46H54IrNO3-. The summed E-state index contributed by atoms with van der Waals surface area (Å²) >= 11 is 0. The smallest absolute Gasteiger partial charge is 0.162 e. The SMILES string of the molecule is Cc1ccc2c(c1)oc1c(-c3ncc(C(C)C)c4cc(C5CCCC5)ccc34)[c-]c(C(C)C)cc12.O=C(/C=C(\O)C1CCCC1)C1CCCC1.[Ir]. The number of aliphatic hydroxyl groups excluding tert-OH is 1. The normalized spacial score (nSPS) is 17.6. The van der Waals surface area contributed by atoms with E-state index < -0.39 is 0 Å². The van der Waals surface area contributed by atoms with Gasteiger partial charge in [0, 0.05) is 49.6 Å². The van der Waals surface area contributed by atoms with Crippen molar-refractivity contribution in [3.63, 3.8) is 0 Å². The van der Waals surface area contributed by atoms with Crippen molar-refractivity contribution in [3.05, 3.63) is 88.8 Å². The van der Waals surface area contributed by atoms with Crippen LogP contribution >= 0.6 is 0 Å². The standard InChI is InChI=1S/C33H34NO.C13H20O2.Ir/c1-19(2)24-16-28-25-12-10-21(5)14-31(25)35-33(28)29(17-24)32-26-13-11-23(22-8-6-7-9-22)15-27(26)30(18-34-32)20(3)4;14-12(10-5-1-2-6-10)9-13(15)11-7-3-4-8-11;/h10-16,18-20,22H,6-9H2,1-5H3;9-11,14H,1-8H2;/q-1;;/b;12-9-;. The van der Waals surface area contributed by atoms with E-state index in [1.165, 1.54) is 90.5 Å². The largest absolute Gasteiger partial charge is 0.512 e. The van der Waals surface area contributed by atoms with Gasteiger partial charge in [-0.3, -0.25) is 4.79 Å². The monoisotopic (exact) mass is 861 g/mol. The molecule has 5 heteroatoms. The predicted molar refractivity (Wildman–Crippen MR) is 207 cm³/mol. The minimum absolute atomic E-state index is 0. The molecule has 8 rings (SSSR count). The third-order valence-electron chi connectivity index (χ3n) is 11.8. The van der Waals surface area contributed by atoms with Crippen molar-refractivity contribution in [2.24, 2.45) is 11.8 Å². The first-order chi connectivity index (χ1) is 24.2. The van der Waals surface area contributed by atoms with E-state index >= 15 is 0 Å². The number of aliphatic hydroxyl groups is 1. The third kappa shape index (κ3) is 7.91.